The van der Waals surface area contributed by atoms with Crippen molar-refractivity contribution in [3.05, 3.63) is 16.3 Å². The minimum atomic E-state index is -3.38. The van der Waals surface area contributed by atoms with Crippen molar-refractivity contribution in [2.75, 3.05) is 26.3 Å². The maximum Gasteiger partial charge on any atom is 0.241 e. The van der Waals surface area contributed by atoms with Gasteiger partial charge in [-0.2, -0.15) is 0 Å². The van der Waals surface area contributed by atoms with E-state index in [2.05, 4.69) is 17.0 Å². The maximum atomic E-state index is 12.1. The molecule has 2 N–H and O–H groups in total. The molecule has 5 nitrogen and oxygen atoms in total. The number of rotatable bonds is 12. The summed E-state index contributed by atoms with van der Waals surface area (Å²) < 4.78 is 32.2. The fourth-order valence-corrected chi connectivity index (χ4v) is 3.97. The number of thiophene rings is 1. The molecule has 0 aromatic carbocycles. The minimum Gasteiger partial charge on any atom is -0.381 e. The molecule has 0 saturated carbocycles. The van der Waals surface area contributed by atoms with Crippen LogP contribution < -0.4 is 10.0 Å². The van der Waals surface area contributed by atoms with Gasteiger partial charge in [-0.1, -0.05) is 20.3 Å². The average Bonchev–Trinajstić information content (AvgIpc) is 2.94. The zero-order chi connectivity index (χ0) is 15.6. The highest BCUT2D eigenvalue weighted by Crippen LogP contribution is 2.18. The smallest absolute Gasteiger partial charge is 0.241 e. The van der Waals surface area contributed by atoms with Gasteiger partial charge in [0.25, 0.3) is 0 Å². The summed E-state index contributed by atoms with van der Waals surface area (Å²) in [7, 11) is -3.38. The summed E-state index contributed by atoms with van der Waals surface area (Å²) >= 11 is 1.46. The highest BCUT2D eigenvalue weighted by atomic mass is 32.2. The highest BCUT2D eigenvalue weighted by Gasteiger charge is 2.15. The SMILES string of the molecule is CCCCOCCCNS(=O)(=O)c1csc(CNCC)c1. The summed E-state index contributed by atoms with van der Waals surface area (Å²) in [6.07, 6.45) is 2.85. The summed E-state index contributed by atoms with van der Waals surface area (Å²) in [5.74, 6) is 0. The molecule has 1 rings (SSSR count). The van der Waals surface area contributed by atoms with Gasteiger partial charge in [0.2, 0.25) is 10.0 Å². The summed E-state index contributed by atoms with van der Waals surface area (Å²) in [5.41, 5.74) is 0. The van der Waals surface area contributed by atoms with E-state index in [1.807, 2.05) is 6.92 Å². The van der Waals surface area contributed by atoms with E-state index in [1.165, 1.54) is 11.3 Å². The van der Waals surface area contributed by atoms with Crippen molar-refractivity contribution in [1.29, 1.82) is 0 Å². The van der Waals surface area contributed by atoms with Gasteiger partial charge in [0.05, 0.1) is 4.90 Å². The van der Waals surface area contributed by atoms with Crippen LogP contribution in [0, 0.1) is 0 Å². The van der Waals surface area contributed by atoms with Gasteiger partial charge in [0, 0.05) is 36.6 Å². The van der Waals surface area contributed by atoms with E-state index >= 15 is 0 Å². The van der Waals surface area contributed by atoms with Crippen molar-refractivity contribution in [2.24, 2.45) is 0 Å². The molecule has 1 aromatic heterocycles. The van der Waals surface area contributed by atoms with Crippen LogP contribution in [0.5, 0.6) is 0 Å². The van der Waals surface area contributed by atoms with Gasteiger partial charge in [-0.15, -0.1) is 11.3 Å². The first-order chi connectivity index (χ1) is 10.1. The van der Waals surface area contributed by atoms with Crippen molar-refractivity contribution < 1.29 is 13.2 Å². The van der Waals surface area contributed by atoms with E-state index in [0.717, 1.165) is 30.9 Å². The largest absolute Gasteiger partial charge is 0.381 e. The Labute approximate surface area is 132 Å². The van der Waals surface area contributed by atoms with Crippen LogP contribution in [0.1, 0.15) is 38.0 Å². The molecule has 0 fully saturated rings. The Balaban J connectivity index is 2.31. The Bertz CT molecular complexity index is 486. The average molecular weight is 335 g/mol. The molecule has 0 radical (unpaired) electrons. The Morgan fingerprint density at radius 3 is 2.71 bits per heavy atom. The van der Waals surface area contributed by atoms with E-state index in [-0.39, 0.29) is 0 Å². The Kier molecular flexibility index (Phi) is 9.10. The first-order valence-electron chi connectivity index (χ1n) is 7.45. The third-order valence-corrected chi connectivity index (χ3v) is 5.42. The number of hydrogen-bond donors (Lipinski definition) is 2. The zero-order valence-electron chi connectivity index (χ0n) is 12.9. The third kappa shape index (κ3) is 7.37. The first-order valence-corrected chi connectivity index (χ1v) is 9.82. The first kappa shape index (κ1) is 18.6. The fourth-order valence-electron chi connectivity index (χ4n) is 1.65. The molecular formula is C14H26N2O3S2. The summed E-state index contributed by atoms with van der Waals surface area (Å²) in [5, 5.41) is 4.87. The molecule has 122 valence electrons. The molecule has 0 unspecified atom stereocenters. The lowest BCUT2D eigenvalue weighted by atomic mass is 10.4. The fraction of sp³-hybridized carbons (Fsp3) is 0.714. The van der Waals surface area contributed by atoms with Gasteiger partial charge >= 0.3 is 0 Å². The number of unbranched alkanes of at least 4 members (excludes halogenated alkanes) is 1. The molecule has 0 spiro atoms. The molecule has 7 heteroatoms. The maximum absolute atomic E-state index is 12.1. The van der Waals surface area contributed by atoms with Crippen molar-refractivity contribution in [3.8, 4) is 0 Å². The summed E-state index contributed by atoms with van der Waals surface area (Å²) in [6.45, 7) is 7.47. The Hall–Kier alpha value is -0.470. The number of sulfonamides is 1. The van der Waals surface area contributed by atoms with Crippen LogP contribution in [0.2, 0.25) is 0 Å². The lowest BCUT2D eigenvalue weighted by Crippen LogP contribution is -2.25. The molecule has 0 saturated heterocycles. The molecule has 0 amide bonds. The van der Waals surface area contributed by atoms with Gasteiger partial charge in [-0.25, -0.2) is 13.1 Å². The van der Waals surface area contributed by atoms with Gasteiger partial charge in [-0.3, -0.25) is 0 Å². The van der Waals surface area contributed by atoms with Gasteiger partial charge < -0.3 is 10.1 Å². The topological polar surface area (TPSA) is 67.4 Å². The molecule has 0 atom stereocenters. The van der Waals surface area contributed by atoms with E-state index in [0.29, 0.717) is 31.0 Å². The van der Waals surface area contributed by atoms with Crippen LogP contribution in [0.3, 0.4) is 0 Å². The van der Waals surface area contributed by atoms with Crippen LogP contribution in [0.15, 0.2) is 16.3 Å². The van der Waals surface area contributed by atoms with Crippen molar-refractivity contribution in [3.63, 3.8) is 0 Å². The Morgan fingerprint density at radius 2 is 2.00 bits per heavy atom. The summed E-state index contributed by atoms with van der Waals surface area (Å²) in [6, 6.07) is 1.73. The van der Waals surface area contributed by atoms with E-state index in [9.17, 15) is 8.42 Å². The predicted molar refractivity (Wildman–Crippen MR) is 87.2 cm³/mol. The molecule has 0 bridgehead atoms. The number of hydrogen-bond acceptors (Lipinski definition) is 5. The molecule has 21 heavy (non-hydrogen) atoms. The second kappa shape index (κ2) is 10.3. The van der Waals surface area contributed by atoms with Crippen LogP contribution in [0.4, 0.5) is 0 Å². The minimum absolute atomic E-state index is 0.354. The zero-order valence-corrected chi connectivity index (χ0v) is 14.5. The molecule has 0 aliphatic carbocycles. The predicted octanol–water partition coefficient (Wildman–Crippen LogP) is 2.34. The third-order valence-electron chi connectivity index (χ3n) is 2.89. The lowest BCUT2D eigenvalue weighted by Gasteiger charge is -2.05. The van der Waals surface area contributed by atoms with Crippen LogP contribution in [0.25, 0.3) is 0 Å². The quantitative estimate of drug-likeness (QED) is 0.576. The van der Waals surface area contributed by atoms with E-state index in [4.69, 9.17) is 4.74 Å². The number of ether oxygens (including phenoxy) is 1. The Morgan fingerprint density at radius 1 is 1.24 bits per heavy atom. The molecule has 1 heterocycles. The number of nitrogens with one attached hydrogen (secondary N) is 2. The normalized spacial score (nSPS) is 11.9. The molecule has 0 aliphatic rings. The highest BCUT2D eigenvalue weighted by molar-refractivity contribution is 7.89. The monoisotopic (exact) mass is 334 g/mol. The second-order valence-corrected chi connectivity index (χ2v) is 7.51. The second-order valence-electron chi connectivity index (χ2n) is 4.75. The lowest BCUT2D eigenvalue weighted by molar-refractivity contribution is 0.130. The standard InChI is InChI=1S/C14H26N2O3S2/c1-3-5-8-19-9-6-7-16-21(17,18)14-10-13(20-12-14)11-15-4-2/h10,12,15-16H,3-9,11H2,1-2H3. The molecule has 1 aromatic rings. The summed E-state index contributed by atoms with van der Waals surface area (Å²) in [4.78, 5) is 1.38. The van der Waals surface area contributed by atoms with Crippen molar-refractivity contribution >= 4 is 21.4 Å². The van der Waals surface area contributed by atoms with Crippen molar-refractivity contribution in [2.45, 2.75) is 44.6 Å². The molecule has 0 aliphatic heterocycles. The van der Waals surface area contributed by atoms with Gasteiger partial charge in [-0.05, 0) is 25.5 Å². The van der Waals surface area contributed by atoms with Crippen molar-refractivity contribution in [1.82, 2.24) is 10.0 Å². The van der Waals surface area contributed by atoms with Crippen LogP contribution in [-0.2, 0) is 21.3 Å². The van der Waals surface area contributed by atoms with Crippen LogP contribution in [-0.4, -0.2) is 34.7 Å². The van der Waals surface area contributed by atoms with Crippen LogP contribution >= 0.6 is 11.3 Å². The van der Waals surface area contributed by atoms with E-state index in [1.54, 1.807) is 11.4 Å². The van der Waals surface area contributed by atoms with Gasteiger partial charge in [0.1, 0.15) is 0 Å². The van der Waals surface area contributed by atoms with Gasteiger partial charge in [0.15, 0.2) is 0 Å². The molecular weight excluding hydrogens is 308 g/mol. The van der Waals surface area contributed by atoms with E-state index < -0.39 is 10.0 Å².